The lowest BCUT2D eigenvalue weighted by Gasteiger charge is -2.12. The Morgan fingerprint density at radius 1 is 1.03 bits per heavy atom. The van der Waals surface area contributed by atoms with Gasteiger partial charge in [0.05, 0.1) is 16.2 Å². The van der Waals surface area contributed by atoms with Crippen molar-refractivity contribution in [1.82, 2.24) is 10.3 Å². The van der Waals surface area contributed by atoms with Crippen molar-refractivity contribution in [1.29, 1.82) is 0 Å². The Bertz CT molecular complexity index is 970. The average molecular weight is 410 g/mol. The van der Waals surface area contributed by atoms with Crippen LogP contribution in [0.15, 0.2) is 48.5 Å². The molecule has 3 rings (SSSR count). The second-order valence-corrected chi connectivity index (χ2v) is 7.69. The number of aryl methyl sites for hydroxylation is 3. The van der Waals surface area contributed by atoms with Gasteiger partial charge in [-0.1, -0.05) is 48.4 Å². The van der Waals surface area contributed by atoms with Gasteiger partial charge in [0, 0.05) is 17.5 Å². The molecule has 5 heteroatoms. The molecule has 0 saturated carbocycles. The van der Waals surface area contributed by atoms with Gasteiger partial charge in [-0.3, -0.25) is 9.78 Å². The van der Waals surface area contributed by atoms with Gasteiger partial charge >= 0.3 is 0 Å². The summed E-state index contributed by atoms with van der Waals surface area (Å²) in [4.78, 5) is 17.3. The molecule has 152 valence electrons. The maximum atomic E-state index is 12.5. The zero-order valence-electron chi connectivity index (χ0n) is 17.1. The Morgan fingerprint density at radius 3 is 2.59 bits per heavy atom. The minimum Gasteiger partial charge on any atom is -0.324 e. The van der Waals surface area contributed by atoms with E-state index in [1.54, 1.807) is 6.07 Å². The monoisotopic (exact) mass is 409 g/mol. The number of pyridine rings is 1. The first-order chi connectivity index (χ1) is 14.1. The van der Waals surface area contributed by atoms with Crippen molar-refractivity contribution in [3.8, 4) is 0 Å². The average Bonchev–Trinajstić information content (AvgIpc) is 2.73. The summed E-state index contributed by atoms with van der Waals surface area (Å²) in [6.07, 6.45) is 3.07. The molecule has 2 aromatic carbocycles. The van der Waals surface area contributed by atoms with E-state index in [0.717, 1.165) is 48.1 Å². The van der Waals surface area contributed by atoms with Crippen LogP contribution < -0.4 is 10.6 Å². The summed E-state index contributed by atoms with van der Waals surface area (Å²) in [5.74, 6) is -0.0466. The quantitative estimate of drug-likeness (QED) is 0.471. The fourth-order valence-electron chi connectivity index (χ4n) is 3.27. The largest absolute Gasteiger partial charge is 0.324 e. The summed E-state index contributed by atoms with van der Waals surface area (Å²) in [6, 6.07) is 16.0. The third-order valence-corrected chi connectivity index (χ3v) is 5.26. The van der Waals surface area contributed by atoms with Gasteiger partial charge in [0.1, 0.15) is 0 Å². The van der Waals surface area contributed by atoms with E-state index >= 15 is 0 Å². The minimum atomic E-state index is -0.0466. The molecule has 2 N–H and O–H groups in total. The summed E-state index contributed by atoms with van der Waals surface area (Å²) in [7, 11) is 0. The number of nitrogens with zero attached hydrogens (tertiary/aromatic N) is 1. The van der Waals surface area contributed by atoms with E-state index < -0.39 is 0 Å². The standard InChI is InChI=1S/C24H28ClN3O/c1-3-26-16-4-5-19-11-12-20-22(27-19)14-13-21(25)24(20)28-23(29)15-10-18-8-6-17(2)7-9-18/h6-9,11-14,26H,3-5,10,15-16H2,1-2H3,(H,28,29). The van der Waals surface area contributed by atoms with Gasteiger partial charge in [0.2, 0.25) is 5.91 Å². The number of halogens is 1. The molecule has 1 heterocycles. The van der Waals surface area contributed by atoms with E-state index in [4.69, 9.17) is 16.6 Å². The molecule has 0 unspecified atom stereocenters. The van der Waals surface area contributed by atoms with Crippen LogP contribution in [-0.2, 0) is 17.6 Å². The molecule has 0 radical (unpaired) electrons. The SMILES string of the molecule is CCNCCCc1ccc2c(NC(=O)CCc3ccc(C)cc3)c(Cl)ccc2n1. The number of aromatic nitrogens is 1. The molecule has 4 nitrogen and oxygen atoms in total. The fourth-order valence-corrected chi connectivity index (χ4v) is 3.48. The van der Waals surface area contributed by atoms with E-state index in [2.05, 4.69) is 48.7 Å². The molecule has 0 aliphatic heterocycles. The number of fused-ring (bicyclic) bond motifs is 1. The molecule has 29 heavy (non-hydrogen) atoms. The number of hydrogen-bond acceptors (Lipinski definition) is 3. The molecule has 1 aromatic heterocycles. The van der Waals surface area contributed by atoms with Crippen molar-refractivity contribution in [3.05, 3.63) is 70.4 Å². The molecular weight excluding hydrogens is 382 g/mol. The van der Waals surface area contributed by atoms with Crippen LogP contribution in [0.1, 0.15) is 36.6 Å². The molecule has 0 aliphatic rings. The second kappa shape index (κ2) is 10.4. The van der Waals surface area contributed by atoms with Crippen LogP contribution in [0.3, 0.4) is 0 Å². The van der Waals surface area contributed by atoms with Crippen LogP contribution in [-0.4, -0.2) is 24.0 Å². The number of carbonyl (C=O) groups excluding carboxylic acids is 1. The number of benzene rings is 2. The van der Waals surface area contributed by atoms with Gasteiger partial charge in [-0.05, 0) is 69.1 Å². The molecule has 3 aromatic rings. The van der Waals surface area contributed by atoms with Gasteiger partial charge in [-0.2, -0.15) is 0 Å². The van der Waals surface area contributed by atoms with Crippen LogP contribution in [0.4, 0.5) is 5.69 Å². The Kier molecular flexibility index (Phi) is 7.62. The highest BCUT2D eigenvalue weighted by molar-refractivity contribution is 6.35. The summed E-state index contributed by atoms with van der Waals surface area (Å²) in [6.45, 7) is 6.13. The molecule has 0 spiro atoms. The highest BCUT2D eigenvalue weighted by Gasteiger charge is 2.12. The number of nitrogens with one attached hydrogen (secondary N) is 2. The van der Waals surface area contributed by atoms with E-state index in [9.17, 15) is 4.79 Å². The smallest absolute Gasteiger partial charge is 0.224 e. The van der Waals surface area contributed by atoms with Crippen molar-refractivity contribution in [2.24, 2.45) is 0 Å². The molecule has 0 bridgehead atoms. The molecule has 0 fully saturated rings. The van der Waals surface area contributed by atoms with Crippen LogP contribution in [0, 0.1) is 6.92 Å². The number of carbonyl (C=O) groups is 1. The normalized spacial score (nSPS) is 11.0. The lowest BCUT2D eigenvalue weighted by Crippen LogP contribution is -2.14. The van der Waals surface area contributed by atoms with Crippen LogP contribution in [0.5, 0.6) is 0 Å². The highest BCUT2D eigenvalue weighted by atomic mass is 35.5. The molecule has 0 aliphatic carbocycles. The maximum Gasteiger partial charge on any atom is 0.224 e. The lowest BCUT2D eigenvalue weighted by molar-refractivity contribution is -0.116. The first-order valence-corrected chi connectivity index (χ1v) is 10.6. The second-order valence-electron chi connectivity index (χ2n) is 7.28. The van der Waals surface area contributed by atoms with Gasteiger partial charge < -0.3 is 10.6 Å². The molecule has 0 saturated heterocycles. The van der Waals surface area contributed by atoms with Gasteiger partial charge in [-0.15, -0.1) is 0 Å². The van der Waals surface area contributed by atoms with Crippen molar-refractivity contribution in [3.63, 3.8) is 0 Å². The van der Waals surface area contributed by atoms with Crippen molar-refractivity contribution >= 4 is 34.1 Å². The first-order valence-electron chi connectivity index (χ1n) is 10.2. The number of amides is 1. The minimum absolute atomic E-state index is 0.0466. The summed E-state index contributed by atoms with van der Waals surface area (Å²) < 4.78 is 0. The van der Waals surface area contributed by atoms with Crippen LogP contribution >= 0.6 is 11.6 Å². The third-order valence-electron chi connectivity index (χ3n) is 4.94. The number of rotatable bonds is 9. The predicted molar refractivity (Wildman–Crippen MR) is 122 cm³/mol. The number of hydrogen-bond donors (Lipinski definition) is 2. The summed E-state index contributed by atoms with van der Waals surface area (Å²) >= 11 is 6.39. The predicted octanol–water partition coefficient (Wildman–Crippen LogP) is 5.31. The Labute approximate surface area is 177 Å². The van der Waals surface area contributed by atoms with Crippen molar-refractivity contribution in [2.75, 3.05) is 18.4 Å². The summed E-state index contributed by atoms with van der Waals surface area (Å²) in [5, 5.41) is 7.72. The third kappa shape index (κ3) is 6.02. The Balaban J connectivity index is 1.68. The zero-order chi connectivity index (χ0) is 20.6. The van der Waals surface area contributed by atoms with Crippen molar-refractivity contribution in [2.45, 2.75) is 39.5 Å². The lowest BCUT2D eigenvalue weighted by atomic mass is 10.1. The van der Waals surface area contributed by atoms with E-state index in [1.807, 2.05) is 18.2 Å². The van der Waals surface area contributed by atoms with E-state index in [0.29, 0.717) is 23.6 Å². The van der Waals surface area contributed by atoms with Crippen LogP contribution in [0.25, 0.3) is 10.9 Å². The molecule has 0 atom stereocenters. The topological polar surface area (TPSA) is 54.0 Å². The Morgan fingerprint density at radius 2 is 1.83 bits per heavy atom. The van der Waals surface area contributed by atoms with Gasteiger partial charge in [0.15, 0.2) is 0 Å². The molecule has 1 amide bonds. The molecular formula is C24H28ClN3O. The van der Waals surface area contributed by atoms with Crippen molar-refractivity contribution < 1.29 is 4.79 Å². The van der Waals surface area contributed by atoms with Gasteiger partial charge in [0.25, 0.3) is 0 Å². The van der Waals surface area contributed by atoms with Crippen LogP contribution in [0.2, 0.25) is 5.02 Å². The number of anilines is 1. The highest BCUT2D eigenvalue weighted by Crippen LogP contribution is 2.31. The fraction of sp³-hybridized carbons (Fsp3) is 0.333. The van der Waals surface area contributed by atoms with E-state index in [1.165, 1.54) is 5.56 Å². The zero-order valence-corrected chi connectivity index (χ0v) is 17.9. The first kappa shape index (κ1) is 21.3. The van der Waals surface area contributed by atoms with E-state index in [-0.39, 0.29) is 5.91 Å². The Hall–Kier alpha value is -2.43. The van der Waals surface area contributed by atoms with Gasteiger partial charge in [-0.25, -0.2) is 0 Å². The maximum absolute atomic E-state index is 12.5. The summed E-state index contributed by atoms with van der Waals surface area (Å²) in [5.41, 5.74) is 4.91.